The predicted octanol–water partition coefficient (Wildman–Crippen LogP) is 3.85. The zero-order valence-corrected chi connectivity index (χ0v) is 18.4. The van der Waals surface area contributed by atoms with Crippen LogP contribution in [0.1, 0.15) is 29.5 Å². The quantitative estimate of drug-likeness (QED) is 0.483. The third-order valence-electron chi connectivity index (χ3n) is 5.25. The van der Waals surface area contributed by atoms with Crippen molar-refractivity contribution >= 4 is 22.8 Å². The largest absolute Gasteiger partial charge is 0.443 e. The van der Waals surface area contributed by atoms with Crippen LogP contribution in [0.5, 0.6) is 0 Å². The number of carbonyl (C=O) groups is 1. The Balaban J connectivity index is 1.84. The summed E-state index contributed by atoms with van der Waals surface area (Å²) in [4.78, 5) is 25.8. The van der Waals surface area contributed by atoms with Crippen molar-refractivity contribution in [1.82, 2.24) is 20.3 Å². The van der Waals surface area contributed by atoms with Gasteiger partial charge in [0.2, 0.25) is 11.6 Å². The molecule has 7 nitrogen and oxygen atoms in total. The first-order valence-electron chi connectivity index (χ1n) is 10.2. The summed E-state index contributed by atoms with van der Waals surface area (Å²) in [7, 11) is 1.73. The van der Waals surface area contributed by atoms with Crippen molar-refractivity contribution in [1.29, 1.82) is 0 Å². The Morgan fingerprint density at radius 1 is 1.09 bits per heavy atom. The average molecular weight is 425 g/mol. The molecule has 2 N–H and O–H groups in total. The number of nitrogens with one attached hydrogen (secondary N) is 2. The SMILES string of the molecule is CNC(C)C(=O)Nc1cc(-c2ncnc3oc(C)c(C)c23)cc(C#Cc2ccccc2)n1. The number of nitrogens with zero attached hydrogens (tertiary/aromatic N) is 3. The number of fused-ring (bicyclic) bond motifs is 1. The molecule has 160 valence electrons. The number of furan rings is 1. The van der Waals surface area contributed by atoms with Crippen LogP contribution in [0, 0.1) is 25.7 Å². The van der Waals surface area contributed by atoms with E-state index < -0.39 is 0 Å². The molecule has 1 aromatic carbocycles. The number of pyridine rings is 1. The lowest BCUT2D eigenvalue weighted by Gasteiger charge is -2.12. The number of hydrogen-bond donors (Lipinski definition) is 2. The average Bonchev–Trinajstić information content (AvgIpc) is 3.11. The van der Waals surface area contributed by atoms with Crippen molar-refractivity contribution in [3.8, 4) is 23.1 Å². The summed E-state index contributed by atoms with van der Waals surface area (Å²) < 4.78 is 5.76. The second kappa shape index (κ2) is 9.00. The van der Waals surface area contributed by atoms with Gasteiger partial charge in [0, 0.05) is 16.7 Å². The Bertz CT molecular complexity index is 1350. The van der Waals surface area contributed by atoms with Crippen LogP contribution in [0.15, 0.2) is 53.2 Å². The molecule has 1 amide bonds. The van der Waals surface area contributed by atoms with Crippen molar-refractivity contribution in [2.75, 3.05) is 12.4 Å². The molecule has 0 bridgehead atoms. The van der Waals surface area contributed by atoms with E-state index in [1.807, 2.05) is 50.2 Å². The molecule has 0 saturated heterocycles. The number of hydrogen-bond acceptors (Lipinski definition) is 6. The molecule has 0 aliphatic rings. The van der Waals surface area contributed by atoms with Gasteiger partial charge in [-0.3, -0.25) is 4.79 Å². The molecule has 0 aliphatic carbocycles. The molecule has 0 fully saturated rings. The molecule has 7 heteroatoms. The Kier molecular flexibility index (Phi) is 5.97. The molecule has 0 aliphatic heterocycles. The van der Waals surface area contributed by atoms with Gasteiger partial charge in [0.05, 0.1) is 17.1 Å². The van der Waals surface area contributed by atoms with Crippen LogP contribution in [0.25, 0.3) is 22.4 Å². The molecular weight excluding hydrogens is 402 g/mol. The van der Waals surface area contributed by atoms with E-state index in [9.17, 15) is 4.79 Å². The van der Waals surface area contributed by atoms with Crippen LogP contribution >= 0.6 is 0 Å². The third kappa shape index (κ3) is 4.36. The third-order valence-corrected chi connectivity index (χ3v) is 5.25. The van der Waals surface area contributed by atoms with Crippen LogP contribution in [0.4, 0.5) is 5.82 Å². The minimum atomic E-state index is -0.371. The highest BCUT2D eigenvalue weighted by Gasteiger charge is 2.17. The second-order valence-electron chi connectivity index (χ2n) is 7.43. The number of rotatable bonds is 4. The van der Waals surface area contributed by atoms with E-state index in [0.29, 0.717) is 22.9 Å². The molecule has 0 spiro atoms. The number of likely N-dealkylation sites (N-methyl/N-ethyl adjacent to an activating group) is 1. The van der Waals surface area contributed by atoms with E-state index in [2.05, 4.69) is 37.4 Å². The van der Waals surface area contributed by atoms with Gasteiger partial charge in [-0.1, -0.05) is 24.1 Å². The van der Waals surface area contributed by atoms with Crippen LogP contribution in [-0.4, -0.2) is 33.9 Å². The van der Waals surface area contributed by atoms with Gasteiger partial charge in [-0.05, 0) is 58.0 Å². The molecule has 1 atom stereocenters. The summed E-state index contributed by atoms with van der Waals surface area (Å²) in [6, 6.07) is 12.9. The monoisotopic (exact) mass is 425 g/mol. The van der Waals surface area contributed by atoms with Crippen molar-refractivity contribution in [3.05, 3.63) is 71.4 Å². The van der Waals surface area contributed by atoms with Gasteiger partial charge in [-0.2, -0.15) is 0 Å². The van der Waals surface area contributed by atoms with E-state index in [0.717, 1.165) is 27.8 Å². The second-order valence-corrected chi connectivity index (χ2v) is 7.43. The fourth-order valence-electron chi connectivity index (χ4n) is 3.22. The van der Waals surface area contributed by atoms with Gasteiger partial charge >= 0.3 is 0 Å². The maximum atomic E-state index is 12.5. The zero-order valence-electron chi connectivity index (χ0n) is 18.4. The summed E-state index contributed by atoms with van der Waals surface area (Å²) >= 11 is 0. The Hall–Kier alpha value is -4.02. The molecule has 3 aromatic heterocycles. The lowest BCUT2D eigenvalue weighted by Crippen LogP contribution is -2.35. The van der Waals surface area contributed by atoms with Crippen LogP contribution in [0.3, 0.4) is 0 Å². The Labute approximate surface area is 186 Å². The van der Waals surface area contributed by atoms with Gasteiger partial charge in [0.15, 0.2) is 0 Å². The molecular formula is C25H23N5O2. The summed E-state index contributed by atoms with van der Waals surface area (Å²) in [5.41, 5.74) is 4.35. The molecule has 32 heavy (non-hydrogen) atoms. The van der Waals surface area contributed by atoms with Crippen LogP contribution in [0.2, 0.25) is 0 Å². The lowest BCUT2D eigenvalue weighted by molar-refractivity contribution is -0.117. The first-order chi connectivity index (χ1) is 15.5. The van der Waals surface area contributed by atoms with Gasteiger partial charge in [-0.15, -0.1) is 0 Å². The fourth-order valence-corrected chi connectivity index (χ4v) is 3.22. The van der Waals surface area contributed by atoms with Gasteiger partial charge in [0.25, 0.3) is 0 Å². The molecule has 1 unspecified atom stereocenters. The molecule has 0 saturated carbocycles. The van der Waals surface area contributed by atoms with Crippen LogP contribution in [-0.2, 0) is 4.79 Å². The Morgan fingerprint density at radius 3 is 2.62 bits per heavy atom. The molecule has 0 radical (unpaired) electrons. The maximum Gasteiger partial charge on any atom is 0.242 e. The van der Waals surface area contributed by atoms with E-state index >= 15 is 0 Å². The number of amides is 1. The van der Waals surface area contributed by atoms with E-state index in [1.165, 1.54) is 6.33 Å². The minimum absolute atomic E-state index is 0.192. The number of aromatic nitrogens is 3. The zero-order chi connectivity index (χ0) is 22.7. The summed E-state index contributed by atoms with van der Waals surface area (Å²) in [5, 5.41) is 6.62. The van der Waals surface area contributed by atoms with E-state index in [4.69, 9.17) is 4.42 Å². The van der Waals surface area contributed by atoms with Crippen LogP contribution < -0.4 is 10.6 Å². The van der Waals surface area contributed by atoms with Crippen molar-refractivity contribution in [2.45, 2.75) is 26.8 Å². The van der Waals surface area contributed by atoms with Gasteiger partial charge < -0.3 is 15.1 Å². The number of anilines is 1. The lowest BCUT2D eigenvalue weighted by atomic mass is 10.1. The first-order valence-corrected chi connectivity index (χ1v) is 10.2. The smallest absolute Gasteiger partial charge is 0.242 e. The van der Waals surface area contributed by atoms with E-state index in [-0.39, 0.29) is 11.9 Å². The standard InChI is InChI=1S/C25H23N5O2/c1-15-17(3)32-25-22(15)23(27-14-28-25)19-12-20(11-10-18-8-6-5-7-9-18)29-21(13-19)30-24(31)16(2)26-4/h5-9,12-14,16,26H,1-4H3,(H,29,30,31). The van der Waals surface area contributed by atoms with Crippen molar-refractivity contribution in [3.63, 3.8) is 0 Å². The maximum absolute atomic E-state index is 12.5. The highest BCUT2D eigenvalue weighted by atomic mass is 16.3. The predicted molar refractivity (Wildman–Crippen MR) is 124 cm³/mol. The van der Waals surface area contributed by atoms with Crippen molar-refractivity contribution in [2.24, 2.45) is 0 Å². The first kappa shape index (κ1) is 21.2. The molecule has 4 aromatic rings. The summed E-state index contributed by atoms with van der Waals surface area (Å²) in [6.45, 7) is 5.65. The number of benzene rings is 1. The highest BCUT2D eigenvalue weighted by molar-refractivity contribution is 5.96. The fraction of sp³-hybridized carbons (Fsp3) is 0.200. The molecule has 4 rings (SSSR count). The normalized spacial score (nSPS) is 11.6. The number of aryl methyl sites for hydroxylation is 2. The van der Waals surface area contributed by atoms with E-state index in [1.54, 1.807) is 20.0 Å². The van der Waals surface area contributed by atoms with Gasteiger partial charge in [-0.25, -0.2) is 15.0 Å². The summed E-state index contributed by atoms with van der Waals surface area (Å²) in [6.07, 6.45) is 1.47. The summed E-state index contributed by atoms with van der Waals surface area (Å²) in [5.74, 6) is 7.21. The highest BCUT2D eigenvalue weighted by Crippen LogP contribution is 2.32. The Morgan fingerprint density at radius 2 is 1.88 bits per heavy atom. The topological polar surface area (TPSA) is 92.9 Å². The van der Waals surface area contributed by atoms with Crippen molar-refractivity contribution < 1.29 is 9.21 Å². The molecule has 3 heterocycles. The minimum Gasteiger partial charge on any atom is -0.443 e. The number of carbonyl (C=O) groups excluding carboxylic acids is 1. The van der Waals surface area contributed by atoms with Gasteiger partial charge in [0.1, 0.15) is 23.6 Å².